The van der Waals surface area contributed by atoms with Crippen molar-refractivity contribution in [2.75, 3.05) is 4.90 Å². The molecule has 3 aliphatic carbocycles. The zero-order valence-electron chi connectivity index (χ0n) is 35.9. The molecule has 0 fully saturated rings. The minimum absolute atomic E-state index is 0.00261. The lowest BCUT2D eigenvalue weighted by atomic mass is 9.44. The van der Waals surface area contributed by atoms with Crippen LogP contribution in [0.1, 0.15) is 124 Å². The number of hydrogen-bond acceptors (Lipinski definition) is 1. The second kappa shape index (κ2) is 10.9. The van der Waals surface area contributed by atoms with E-state index in [0.717, 1.165) is 6.42 Å². The molecule has 0 spiro atoms. The van der Waals surface area contributed by atoms with Gasteiger partial charge in [0.25, 0.3) is 0 Å². The van der Waals surface area contributed by atoms with Crippen LogP contribution < -0.4 is 15.8 Å². The van der Waals surface area contributed by atoms with Crippen molar-refractivity contribution in [1.29, 1.82) is 0 Å². The van der Waals surface area contributed by atoms with Crippen molar-refractivity contribution in [2.45, 2.75) is 110 Å². The topological polar surface area (TPSA) is 8.17 Å². The van der Waals surface area contributed by atoms with Gasteiger partial charge < -0.3 is 9.38 Å². The van der Waals surface area contributed by atoms with Gasteiger partial charge in [-0.3, -0.25) is 0 Å². The van der Waals surface area contributed by atoms with Gasteiger partial charge in [-0.1, -0.05) is 140 Å². The summed E-state index contributed by atoms with van der Waals surface area (Å²) in [4.78, 5) is 2.72. The van der Waals surface area contributed by atoms with Gasteiger partial charge in [-0.15, -0.1) is 0 Å². The molecule has 3 heterocycles. The number of fused-ring (bicyclic) bond motifs is 13. The summed E-state index contributed by atoms with van der Waals surface area (Å²) in [6, 6.07) is 40.8. The predicted molar refractivity (Wildman–Crippen MR) is 246 cm³/mol. The van der Waals surface area contributed by atoms with E-state index in [4.69, 9.17) is 0 Å². The maximum absolute atomic E-state index is 2.88. The molecule has 0 saturated heterocycles. The molecule has 0 amide bonds. The van der Waals surface area contributed by atoms with Crippen molar-refractivity contribution in [3.05, 3.63) is 159 Å². The summed E-state index contributed by atoms with van der Waals surface area (Å²) in [5.41, 5.74) is 28.2. The maximum Gasteiger partial charge on any atom is 0.332 e. The van der Waals surface area contributed by atoms with Gasteiger partial charge >= 0.3 is 6.85 Å². The molecule has 3 heteroatoms. The highest BCUT2D eigenvalue weighted by atomic mass is 15.2. The van der Waals surface area contributed by atoms with Gasteiger partial charge in [-0.05, 0) is 140 Å². The molecule has 12 rings (SSSR count). The Labute approximate surface area is 345 Å². The van der Waals surface area contributed by atoms with Crippen molar-refractivity contribution < 1.29 is 0 Å². The van der Waals surface area contributed by atoms with Gasteiger partial charge in [0.05, 0.1) is 0 Å². The van der Waals surface area contributed by atoms with Crippen LogP contribution in [0.4, 0.5) is 17.1 Å². The van der Waals surface area contributed by atoms with Gasteiger partial charge in [-0.2, -0.15) is 0 Å². The number of nitrogens with zero attached hydrogens (tertiary/aromatic N) is 2. The van der Waals surface area contributed by atoms with E-state index in [-0.39, 0.29) is 28.5 Å². The Kier molecular flexibility index (Phi) is 6.50. The molecule has 5 aliphatic rings. The lowest BCUT2D eigenvalue weighted by Gasteiger charge is -2.45. The van der Waals surface area contributed by atoms with Crippen LogP contribution in [-0.2, 0) is 28.1 Å². The predicted octanol–water partition coefficient (Wildman–Crippen LogP) is 12.6. The molecule has 58 heavy (non-hydrogen) atoms. The van der Waals surface area contributed by atoms with Crippen LogP contribution >= 0.6 is 0 Å². The Bertz CT molecular complexity index is 3020. The molecule has 2 aliphatic heterocycles. The highest BCUT2D eigenvalue weighted by molar-refractivity contribution is 6.89. The van der Waals surface area contributed by atoms with Crippen LogP contribution in [-0.4, -0.2) is 11.3 Å². The van der Waals surface area contributed by atoms with Crippen LogP contribution in [0.3, 0.4) is 0 Å². The smallest absolute Gasteiger partial charge is 0.332 e. The molecule has 286 valence electrons. The lowest BCUT2D eigenvalue weighted by Crippen LogP contribution is -2.58. The quantitative estimate of drug-likeness (QED) is 0.152. The molecule has 0 bridgehead atoms. The first-order valence-electron chi connectivity index (χ1n) is 21.7. The Morgan fingerprint density at radius 1 is 0.534 bits per heavy atom. The summed E-state index contributed by atoms with van der Waals surface area (Å²) < 4.78 is 2.88. The normalized spacial score (nSPS) is 18.8. The van der Waals surface area contributed by atoms with Gasteiger partial charge in [0, 0.05) is 50.1 Å². The second-order valence-corrected chi connectivity index (χ2v) is 20.9. The highest BCUT2D eigenvalue weighted by Gasteiger charge is 2.51. The Hall–Kier alpha value is -5.28. The fraction of sp³-hybridized carbons (Fsp3) is 0.309. The Morgan fingerprint density at radius 2 is 1.21 bits per heavy atom. The van der Waals surface area contributed by atoms with Gasteiger partial charge in [-0.25, -0.2) is 0 Å². The van der Waals surface area contributed by atoms with Crippen molar-refractivity contribution in [3.8, 4) is 22.3 Å². The molecule has 6 aromatic carbocycles. The summed E-state index contributed by atoms with van der Waals surface area (Å²) in [5, 5.41) is 1.39. The van der Waals surface area contributed by atoms with E-state index in [1.165, 1.54) is 130 Å². The molecule has 1 aromatic heterocycles. The third-order valence-corrected chi connectivity index (χ3v) is 15.8. The Balaban J connectivity index is 1.26. The maximum atomic E-state index is 2.88. The summed E-state index contributed by atoms with van der Waals surface area (Å²) in [6.07, 6.45) is 3.32. The molecule has 2 nitrogen and oxygen atoms in total. The van der Waals surface area contributed by atoms with Crippen LogP contribution in [0.25, 0.3) is 33.2 Å². The van der Waals surface area contributed by atoms with E-state index in [1.807, 2.05) is 0 Å². The number of rotatable bonds is 1. The number of aromatic nitrogens is 1. The molecule has 0 saturated carbocycles. The third-order valence-electron chi connectivity index (χ3n) is 15.8. The van der Waals surface area contributed by atoms with E-state index in [2.05, 4.69) is 182 Å². The molecular weight excluding hydrogens is 699 g/mol. The van der Waals surface area contributed by atoms with Crippen molar-refractivity contribution in [2.24, 2.45) is 0 Å². The zero-order valence-corrected chi connectivity index (χ0v) is 35.9. The lowest BCUT2D eigenvalue weighted by molar-refractivity contribution is 0.332. The van der Waals surface area contributed by atoms with Gasteiger partial charge in [0.2, 0.25) is 0 Å². The fourth-order valence-electron chi connectivity index (χ4n) is 12.9. The molecule has 7 aromatic rings. The molecule has 0 atom stereocenters. The number of benzene rings is 6. The van der Waals surface area contributed by atoms with Gasteiger partial charge in [0.1, 0.15) is 0 Å². The zero-order chi connectivity index (χ0) is 40.0. The Morgan fingerprint density at radius 3 is 1.95 bits per heavy atom. The number of anilines is 3. The van der Waals surface area contributed by atoms with Gasteiger partial charge in [0.15, 0.2) is 0 Å². The minimum Gasteiger partial charge on any atom is -0.378 e. The average Bonchev–Trinajstić information content (AvgIpc) is 3.70. The second-order valence-electron chi connectivity index (χ2n) is 20.9. The van der Waals surface area contributed by atoms with E-state index in [9.17, 15) is 0 Å². The summed E-state index contributed by atoms with van der Waals surface area (Å²) >= 11 is 0. The average molecular weight is 753 g/mol. The van der Waals surface area contributed by atoms with E-state index in [0.29, 0.717) is 0 Å². The van der Waals surface area contributed by atoms with Crippen LogP contribution in [0.5, 0.6) is 0 Å². The van der Waals surface area contributed by atoms with E-state index >= 15 is 0 Å². The molecule has 0 N–H and O–H groups in total. The van der Waals surface area contributed by atoms with Crippen LogP contribution in [0.15, 0.2) is 103 Å². The number of aryl methyl sites for hydroxylation is 2. The number of para-hydroxylation sites is 1. The molecular formula is C55H53BN2. The summed E-state index contributed by atoms with van der Waals surface area (Å²) in [6.45, 7) is 24.5. The van der Waals surface area contributed by atoms with E-state index in [1.54, 1.807) is 0 Å². The molecule has 0 unspecified atom stereocenters. The first-order valence-corrected chi connectivity index (χ1v) is 21.7. The largest absolute Gasteiger partial charge is 0.378 e. The van der Waals surface area contributed by atoms with Crippen molar-refractivity contribution in [1.82, 2.24) is 4.48 Å². The van der Waals surface area contributed by atoms with Crippen molar-refractivity contribution >= 4 is 45.7 Å². The SMILES string of the molecule is Cc1cc2c3c(c1)N(c1cc4c(cc1C)C(C)(C)CCC4(C)C)c1ccc4c(c1B3n1c3c(c5cccc(c51)C2)-c1ccccc1C3(C)C)C(C)(C)c1ccccc1-4. The van der Waals surface area contributed by atoms with Crippen molar-refractivity contribution in [3.63, 3.8) is 0 Å². The highest BCUT2D eigenvalue weighted by Crippen LogP contribution is 2.57. The van der Waals surface area contributed by atoms with Crippen LogP contribution in [0.2, 0.25) is 0 Å². The van der Waals surface area contributed by atoms with E-state index < -0.39 is 0 Å². The minimum atomic E-state index is -0.192. The number of hydrogen-bond donors (Lipinski definition) is 0. The van der Waals surface area contributed by atoms with Crippen LogP contribution in [0, 0.1) is 13.8 Å². The third kappa shape index (κ3) is 4.11. The first kappa shape index (κ1) is 34.7. The monoisotopic (exact) mass is 752 g/mol. The molecule has 0 radical (unpaired) electrons. The summed E-state index contributed by atoms with van der Waals surface area (Å²) in [7, 11) is 0. The first-order chi connectivity index (χ1) is 27.6. The summed E-state index contributed by atoms with van der Waals surface area (Å²) in [5.74, 6) is 0. The standard InChI is InChI=1S/C55H53BN2/c1-31-26-34-29-33-16-15-19-38-46-37-18-12-14-21-40(37)55(9,10)51(46)58(50(33)38)56-48(34)45(27-31)57(44-30-42-41(28-32(44)2)52(3,4)24-25-53(42,5)6)43-23-22-36-35-17-11-13-20-39(35)54(7,8)47(36)49(43)56/h11-23,26-28,30H,24-25,29H2,1-10H3. The fourth-order valence-corrected chi connectivity index (χ4v) is 12.9.